The van der Waals surface area contributed by atoms with Gasteiger partial charge in [-0.25, -0.2) is 0 Å². The summed E-state index contributed by atoms with van der Waals surface area (Å²) in [5.74, 6) is 0. The van der Waals surface area contributed by atoms with Crippen molar-refractivity contribution in [3.05, 3.63) is 70.6 Å². The van der Waals surface area contributed by atoms with Gasteiger partial charge in [0.15, 0.2) is 0 Å². The number of hydrogen-bond acceptors (Lipinski definition) is 3. The van der Waals surface area contributed by atoms with E-state index in [2.05, 4.69) is 66.0 Å². The monoisotopic (exact) mass is 299 g/mol. The molecule has 1 aliphatic rings. The third-order valence-electron chi connectivity index (χ3n) is 3.10. The fourth-order valence-electron chi connectivity index (χ4n) is 2.10. The van der Waals surface area contributed by atoms with Gasteiger partial charge >= 0.3 is 0 Å². The molecular weight excluding hydrogens is 282 g/mol. The summed E-state index contributed by atoms with van der Waals surface area (Å²) in [6.45, 7) is 1.10. The smallest absolute Gasteiger partial charge is 0.0688 e. The van der Waals surface area contributed by atoms with Gasteiger partial charge in [-0.05, 0) is 37.1 Å². The van der Waals surface area contributed by atoms with E-state index in [1.54, 1.807) is 0 Å². The predicted octanol–water partition coefficient (Wildman–Crippen LogP) is 5.12. The Balaban J connectivity index is 1.83. The number of benzene rings is 2. The maximum atomic E-state index is 3.54. The molecule has 0 radical (unpaired) electrons. The van der Waals surface area contributed by atoms with Gasteiger partial charge in [0.1, 0.15) is 0 Å². The zero-order valence-electron chi connectivity index (χ0n) is 11.2. The van der Waals surface area contributed by atoms with Crippen LogP contribution < -0.4 is 5.32 Å². The van der Waals surface area contributed by atoms with Gasteiger partial charge < -0.3 is 5.32 Å². The van der Waals surface area contributed by atoms with Crippen molar-refractivity contribution in [2.75, 3.05) is 6.54 Å². The minimum atomic E-state index is 1.10. The summed E-state index contributed by atoms with van der Waals surface area (Å²) in [6, 6.07) is 21.2. The lowest BCUT2D eigenvalue weighted by Gasteiger charge is -2.11. The van der Waals surface area contributed by atoms with Gasteiger partial charge in [-0.3, -0.25) is 0 Å². The maximum Gasteiger partial charge on any atom is 0.0688 e. The Morgan fingerprint density at radius 3 is 1.80 bits per heavy atom. The summed E-state index contributed by atoms with van der Waals surface area (Å²) < 4.78 is 1.37. The normalized spacial score (nSPS) is 14.1. The van der Waals surface area contributed by atoms with Gasteiger partial charge in [0.2, 0.25) is 0 Å². The van der Waals surface area contributed by atoms with Gasteiger partial charge in [-0.1, -0.05) is 59.9 Å². The second kappa shape index (κ2) is 6.91. The van der Waals surface area contributed by atoms with Crippen molar-refractivity contribution < 1.29 is 0 Å². The summed E-state index contributed by atoms with van der Waals surface area (Å²) in [6.07, 6.45) is 2.40. The molecule has 0 bridgehead atoms. The molecule has 1 saturated heterocycles. The highest BCUT2D eigenvalue weighted by Gasteiger charge is 2.14. The lowest BCUT2D eigenvalue weighted by atomic mass is 10.3. The molecule has 1 aliphatic heterocycles. The van der Waals surface area contributed by atoms with E-state index in [4.69, 9.17) is 0 Å². The van der Waals surface area contributed by atoms with E-state index < -0.39 is 0 Å². The van der Waals surface area contributed by atoms with Crippen molar-refractivity contribution in [2.45, 2.75) is 22.6 Å². The zero-order valence-corrected chi connectivity index (χ0v) is 12.8. The van der Waals surface area contributed by atoms with E-state index in [1.165, 1.54) is 26.1 Å². The van der Waals surface area contributed by atoms with Crippen molar-refractivity contribution in [1.82, 2.24) is 5.32 Å². The van der Waals surface area contributed by atoms with Crippen LogP contribution in [0.2, 0.25) is 0 Å². The topological polar surface area (TPSA) is 12.0 Å². The van der Waals surface area contributed by atoms with Crippen LogP contribution in [0.3, 0.4) is 0 Å². The van der Waals surface area contributed by atoms with Crippen molar-refractivity contribution in [3.63, 3.8) is 0 Å². The van der Waals surface area contributed by atoms with Crippen LogP contribution >= 0.6 is 23.5 Å². The first-order valence-corrected chi connectivity index (χ1v) is 8.48. The van der Waals surface area contributed by atoms with Crippen molar-refractivity contribution in [1.29, 1.82) is 0 Å². The summed E-state index contributed by atoms with van der Waals surface area (Å²) in [4.78, 5) is 2.60. The third-order valence-corrected chi connectivity index (χ3v) is 5.48. The Hall–Kier alpha value is -1.32. The highest BCUT2D eigenvalue weighted by Crippen LogP contribution is 2.42. The molecule has 1 N–H and O–H groups in total. The van der Waals surface area contributed by atoms with Crippen LogP contribution in [-0.4, -0.2) is 6.54 Å². The molecule has 0 saturated carbocycles. The molecule has 0 atom stereocenters. The van der Waals surface area contributed by atoms with Gasteiger partial charge in [-0.2, -0.15) is 0 Å². The van der Waals surface area contributed by atoms with Crippen LogP contribution in [0.5, 0.6) is 0 Å². The summed E-state index contributed by atoms with van der Waals surface area (Å²) in [5.41, 5.74) is 1.40. The average Bonchev–Trinajstić information content (AvgIpc) is 3.03. The minimum Gasteiger partial charge on any atom is -0.387 e. The molecule has 0 amide bonds. The van der Waals surface area contributed by atoms with E-state index >= 15 is 0 Å². The number of allylic oxidation sites excluding steroid dienone is 1. The SMILES string of the molecule is c1ccc(SC(Sc2ccccc2)=C2CCCN2)cc1. The molecule has 2 aromatic rings. The average molecular weight is 299 g/mol. The molecule has 0 aromatic heterocycles. The highest BCUT2D eigenvalue weighted by molar-refractivity contribution is 8.22. The van der Waals surface area contributed by atoms with E-state index in [0.29, 0.717) is 0 Å². The largest absolute Gasteiger partial charge is 0.387 e. The molecule has 0 unspecified atom stereocenters. The van der Waals surface area contributed by atoms with Gasteiger partial charge in [0, 0.05) is 22.0 Å². The molecule has 1 heterocycles. The Morgan fingerprint density at radius 2 is 1.35 bits per heavy atom. The number of rotatable bonds is 4. The standard InChI is InChI=1S/C17H17NS2/c1-3-8-14(9-4-1)19-17(16-12-7-13-18-16)20-15-10-5-2-6-11-15/h1-6,8-11,18H,7,12-13H2. The first kappa shape index (κ1) is 13.7. The van der Waals surface area contributed by atoms with Crippen molar-refractivity contribution in [2.24, 2.45) is 0 Å². The van der Waals surface area contributed by atoms with Crippen LogP contribution in [0, 0.1) is 0 Å². The molecule has 1 fully saturated rings. The molecule has 20 heavy (non-hydrogen) atoms. The Bertz CT molecular complexity index is 527. The molecule has 0 aliphatic carbocycles. The van der Waals surface area contributed by atoms with Crippen molar-refractivity contribution in [3.8, 4) is 0 Å². The Labute approximate surface area is 128 Å². The molecular formula is C17H17NS2. The molecule has 3 rings (SSSR count). The minimum absolute atomic E-state index is 1.10. The van der Waals surface area contributed by atoms with Crippen LogP contribution in [0.15, 0.2) is 80.4 Å². The van der Waals surface area contributed by atoms with E-state index in [-0.39, 0.29) is 0 Å². The third kappa shape index (κ3) is 3.62. The zero-order chi connectivity index (χ0) is 13.6. The maximum absolute atomic E-state index is 3.54. The number of hydrogen-bond donors (Lipinski definition) is 1. The molecule has 2 aromatic carbocycles. The van der Waals surface area contributed by atoms with Gasteiger partial charge in [0.05, 0.1) is 4.24 Å². The number of nitrogens with one attached hydrogen (secondary N) is 1. The van der Waals surface area contributed by atoms with Gasteiger partial charge in [-0.15, -0.1) is 0 Å². The Kier molecular flexibility index (Phi) is 4.72. The van der Waals surface area contributed by atoms with Crippen LogP contribution in [-0.2, 0) is 0 Å². The van der Waals surface area contributed by atoms with E-state index in [1.807, 2.05) is 23.5 Å². The molecule has 3 heteroatoms. The van der Waals surface area contributed by atoms with Crippen LogP contribution in [0.4, 0.5) is 0 Å². The second-order valence-corrected chi connectivity index (χ2v) is 7.05. The van der Waals surface area contributed by atoms with Crippen molar-refractivity contribution >= 4 is 23.5 Å². The summed E-state index contributed by atoms with van der Waals surface area (Å²) in [7, 11) is 0. The van der Waals surface area contributed by atoms with E-state index in [0.717, 1.165) is 13.0 Å². The Morgan fingerprint density at radius 1 is 0.800 bits per heavy atom. The quantitative estimate of drug-likeness (QED) is 0.787. The predicted molar refractivity (Wildman–Crippen MR) is 88.9 cm³/mol. The second-order valence-electron chi connectivity index (χ2n) is 4.63. The lowest BCUT2D eigenvalue weighted by Crippen LogP contribution is -2.04. The molecule has 0 spiro atoms. The fourth-order valence-corrected chi connectivity index (χ4v) is 4.46. The summed E-state index contributed by atoms with van der Waals surface area (Å²) in [5, 5.41) is 3.54. The van der Waals surface area contributed by atoms with Gasteiger partial charge in [0.25, 0.3) is 0 Å². The lowest BCUT2D eigenvalue weighted by molar-refractivity contribution is 0.904. The molecule has 1 nitrogen and oxygen atoms in total. The fraction of sp³-hybridized carbons (Fsp3) is 0.176. The van der Waals surface area contributed by atoms with E-state index in [9.17, 15) is 0 Å². The first-order valence-electron chi connectivity index (χ1n) is 6.84. The molecule has 102 valence electrons. The van der Waals surface area contributed by atoms with Crippen LogP contribution in [0.25, 0.3) is 0 Å². The first-order chi connectivity index (χ1) is 9.92. The van der Waals surface area contributed by atoms with Crippen LogP contribution in [0.1, 0.15) is 12.8 Å². The number of thioether (sulfide) groups is 2. The highest BCUT2D eigenvalue weighted by atomic mass is 32.2. The summed E-state index contributed by atoms with van der Waals surface area (Å²) >= 11 is 3.72.